The summed E-state index contributed by atoms with van der Waals surface area (Å²) in [6.07, 6.45) is 0. The lowest BCUT2D eigenvalue weighted by atomic mass is 9.96. The number of oxazole rings is 1. The molecule has 0 fully saturated rings. The fraction of sp³-hybridized carbons (Fsp3) is 0. The third-order valence-electron chi connectivity index (χ3n) is 10.5. The number of hydrogen-bond donors (Lipinski definition) is 0. The van der Waals surface area contributed by atoms with Gasteiger partial charge in [-0.05, 0) is 98.5 Å². The highest BCUT2D eigenvalue weighted by Gasteiger charge is 2.19. The van der Waals surface area contributed by atoms with Gasteiger partial charge in [-0.25, -0.2) is 4.98 Å². The number of hydrogen-bond acceptors (Lipinski definition) is 4. The van der Waals surface area contributed by atoms with Crippen molar-refractivity contribution in [1.29, 1.82) is 0 Å². The number of anilines is 3. The summed E-state index contributed by atoms with van der Waals surface area (Å²) >= 11 is 0. The number of aromatic nitrogens is 1. The van der Waals surface area contributed by atoms with Gasteiger partial charge >= 0.3 is 0 Å². The van der Waals surface area contributed by atoms with Crippen molar-refractivity contribution in [3.05, 3.63) is 182 Å². The first-order chi connectivity index (χ1) is 26.3. The molecule has 0 aliphatic carbocycles. The zero-order chi connectivity index (χ0) is 34.9. The summed E-state index contributed by atoms with van der Waals surface area (Å²) in [6, 6.07) is 64.0. The molecule has 11 rings (SSSR count). The molecule has 0 unspecified atom stereocenters. The number of fused-ring (bicyclic) bond motifs is 9. The summed E-state index contributed by atoms with van der Waals surface area (Å²) in [6.45, 7) is 0. The molecule has 53 heavy (non-hydrogen) atoms. The first-order valence-electron chi connectivity index (χ1n) is 17.9. The molecule has 4 heteroatoms. The van der Waals surface area contributed by atoms with Gasteiger partial charge in [0.15, 0.2) is 5.58 Å². The van der Waals surface area contributed by atoms with E-state index in [1.165, 1.54) is 32.3 Å². The van der Waals surface area contributed by atoms with Crippen molar-refractivity contribution in [3.63, 3.8) is 0 Å². The summed E-state index contributed by atoms with van der Waals surface area (Å²) in [5, 5.41) is 9.59. The van der Waals surface area contributed by atoms with Crippen LogP contribution in [0.15, 0.2) is 191 Å². The van der Waals surface area contributed by atoms with Gasteiger partial charge in [0.05, 0.1) is 0 Å². The van der Waals surface area contributed by atoms with E-state index in [0.717, 1.165) is 66.8 Å². The zero-order valence-electron chi connectivity index (χ0n) is 28.5. The van der Waals surface area contributed by atoms with Crippen LogP contribution in [-0.2, 0) is 0 Å². The molecule has 9 aromatic carbocycles. The maximum absolute atomic E-state index is 6.61. The maximum Gasteiger partial charge on any atom is 0.228 e. The molecular formula is C49H30N2O2. The van der Waals surface area contributed by atoms with E-state index >= 15 is 0 Å². The molecule has 0 saturated carbocycles. The van der Waals surface area contributed by atoms with Crippen molar-refractivity contribution in [2.45, 2.75) is 0 Å². The normalized spacial score (nSPS) is 11.8. The van der Waals surface area contributed by atoms with Crippen molar-refractivity contribution < 1.29 is 8.83 Å². The SMILES string of the molecule is c1ccc(N(c2ccc(-c3cccc4nc(-c5cccc6oc7ccccc7c56)oc34)cc2)c2ccc3c(ccc4c5ccccc5ccc34)c2)cc1. The van der Waals surface area contributed by atoms with Crippen LogP contribution in [0.25, 0.3) is 87.9 Å². The largest absolute Gasteiger partial charge is 0.456 e. The molecule has 0 radical (unpaired) electrons. The second-order valence-corrected chi connectivity index (χ2v) is 13.5. The zero-order valence-corrected chi connectivity index (χ0v) is 28.5. The molecule has 0 saturated heterocycles. The maximum atomic E-state index is 6.61. The van der Waals surface area contributed by atoms with E-state index in [4.69, 9.17) is 13.8 Å². The molecule has 248 valence electrons. The lowest BCUT2D eigenvalue weighted by Gasteiger charge is -2.26. The second-order valence-electron chi connectivity index (χ2n) is 13.5. The van der Waals surface area contributed by atoms with Crippen LogP contribution < -0.4 is 4.90 Å². The molecule has 0 spiro atoms. The van der Waals surface area contributed by atoms with Gasteiger partial charge in [0.2, 0.25) is 5.89 Å². The highest BCUT2D eigenvalue weighted by atomic mass is 16.4. The van der Waals surface area contributed by atoms with Crippen LogP contribution >= 0.6 is 0 Å². The van der Waals surface area contributed by atoms with Crippen LogP contribution in [0.2, 0.25) is 0 Å². The van der Waals surface area contributed by atoms with E-state index in [2.05, 4.69) is 144 Å². The first kappa shape index (κ1) is 29.5. The fourth-order valence-corrected chi connectivity index (χ4v) is 8.01. The predicted octanol–water partition coefficient (Wildman–Crippen LogP) is 14.0. The van der Waals surface area contributed by atoms with Gasteiger partial charge in [0, 0.05) is 39.0 Å². The smallest absolute Gasteiger partial charge is 0.228 e. The van der Waals surface area contributed by atoms with Crippen LogP contribution in [0.3, 0.4) is 0 Å². The van der Waals surface area contributed by atoms with E-state index in [1.807, 2.05) is 42.5 Å². The lowest BCUT2D eigenvalue weighted by molar-refractivity contribution is 0.621. The van der Waals surface area contributed by atoms with E-state index in [0.29, 0.717) is 5.89 Å². The molecule has 0 aliphatic rings. The first-order valence-corrected chi connectivity index (χ1v) is 17.9. The van der Waals surface area contributed by atoms with Crippen molar-refractivity contribution in [2.75, 3.05) is 4.90 Å². The van der Waals surface area contributed by atoms with Gasteiger partial charge in [-0.1, -0.05) is 121 Å². The van der Waals surface area contributed by atoms with Gasteiger partial charge in [-0.2, -0.15) is 0 Å². The average Bonchev–Trinajstić information content (AvgIpc) is 3.84. The van der Waals surface area contributed by atoms with E-state index in [-0.39, 0.29) is 0 Å². The number of furan rings is 1. The Morgan fingerprint density at radius 3 is 1.91 bits per heavy atom. The van der Waals surface area contributed by atoms with E-state index in [9.17, 15) is 0 Å². The van der Waals surface area contributed by atoms with Crippen molar-refractivity contribution in [3.8, 4) is 22.6 Å². The summed E-state index contributed by atoms with van der Waals surface area (Å²) in [7, 11) is 0. The van der Waals surface area contributed by atoms with Gasteiger partial charge < -0.3 is 13.7 Å². The molecule has 0 atom stereocenters. The second kappa shape index (κ2) is 11.7. The Hall–Kier alpha value is -7.17. The Morgan fingerprint density at radius 2 is 1.04 bits per heavy atom. The Bertz CT molecular complexity index is 3180. The quantitative estimate of drug-likeness (QED) is 0.170. The van der Waals surface area contributed by atoms with Crippen molar-refractivity contribution in [1.82, 2.24) is 4.98 Å². The minimum atomic E-state index is 0.578. The van der Waals surface area contributed by atoms with Crippen LogP contribution in [0.1, 0.15) is 0 Å². The van der Waals surface area contributed by atoms with Crippen LogP contribution in [0.4, 0.5) is 17.1 Å². The molecular weight excluding hydrogens is 649 g/mol. The average molecular weight is 679 g/mol. The van der Waals surface area contributed by atoms with Gasteiger partial charge in [-0.15, -0.1) is 0 Å². The van der Waals surface area contributed by atoms with Crippen LogP contribution in [-0.4, -0.2) is 4.98 Å². The van der Waals surface area contributed by atoms with E-state index < -0.39 is 0 Å². The van der Waals surface area contributed by atoms with Gasteiger partial charge in [0.25, 0.3) is 0 Å². The molecule has 0 amide bonds. The molecule has 4 nitrogen and oxygen atoms in total. The monoisotopic (exact) mass is 678 g/mol. The third-order valence-corrected chi connectivity index (χ3v) is 10.5. The van der Waals surface area contributed by atoms with Crippen molar-refractivity contribution >= 4 is 82.4 Å². The van der Waals surface area contributed by atoms with Crippen LogP contribution in [0.5, 0.6) is 0 Å². The standard InChI is InChI=1S/C49H30N2O2/c1-2-11-34(12-3-1)51(36-26-29-38-33(30-36)23-28-40-37-13-5-4-10-31(37)22-27-41(38)40)35-24-20-32(21-25-35)39-15-8-17-44-48(39)53-49(50-44)43-16-9-19-46-47(43)42-14-6-7-18-45(42)52-46/h1-30H. The third kappa shape index (κ3) is 4.73. The van der Waals surface area contributed by atoms with Gasteiger partial charge in [-0.3, -0.25) is 0 Å². The molecule has 0 N–H and O–H groups in total. The number of rotatable bonds is 5. The Labute approximate surface area is 304 Å². The minimum absolute atomic E-state index is 0.578. The highest BCUT2D eigenvalue weighted by Crippen LogP contribution is 2.41. The summed E-state index contributed by atoms with van der Waals surface area (Å²) in [5.41, 5.74) is 9.46. The Morgan fingerprint density at radius 1 is 0.396 bits per heavy atom. The molecule has 11 aromatic rings. The number of nitrogens with zero attached hydrogens (tertiary/aromatic N) is 2. The molecule has 2 aromatic heterocycles. The molecule has 0 aliphatic heterocycles. The Balaban J connectivity index is 0.996. The summed E-state index contributed by atoms with van der Waals surface area (Å²) in [4.78, 5) is 7.29. The summed E-state index contributed by atoms with van der Waals surface area (Å²) < 4.78 is 12.8. The molecule has 2 heterocycles. The topological polar surface area (TPSA) is 42.4 Å². The number of benzene rings is 9. The van der Waals surface area contributed by atoms with Crippen LogP contribution in [0, 0.1) is 0 Å². The molecule has 0 bridgehead atoms. The minimum Gasteiger partial charge on any atom is -0.456 e. The lowest BCUT2D eigenvalue weighted by Crippen LogP contribution is -2.09. The van der Waals surface area contributed by atoms with E-state index in [1.54, 1.807) is 0 Å². The highest BCUT2D eigenvalue weighted by molar-refractivity contribution is 6.17. The van der Waals surface area contributed by atoms with Crippen molar-refractivity contribution in [2.24, 2.45) is 0 Å². The number of para-hydroxylation sites is 3. The summed E-state index contributed by atoms with van der Waals surface area (Å²) in [5.74, 6) is 0.578. The Kier molecular flexibility index (Phi) is 6.52. The predicted molar refractivity (Wildman–Crippen MR) is 219 cm³/mol. The van der Waals surface area contributed by atoms with Gasteiger partial charge in [0.1, 0.15) is 16.7 Å². The fourth-order valence-electron chi connectivity index (χ4n) is 8.01.